The number of nitrogens with zero attached hydrogens (tertiary/aromatic N) is 1. The quantitative estimate of drug-likeness (QED) is 0.868. The number of benzene rings is 1. The minimum atomic E-state index is -0.120. The van der Waals surface area contributed by atoms with Gasteiger partial charge >= 0.3 is 0 Å². The third-order valence-electron chi connectivity index (χ3n) is 3.59. The molecule has 0 unspecified atom stereocenters. The van der Waals surface area contributed by atoms with Crippen molar-refractivity contribution < 1.29 is 9.50 Å². The lowest BCUT2D eigenvalue weighted by Gasteiger charge is -2.34. The SMILES string of the molecule is OC[C@H]1CCCCN1CCc1ccccc1F. The number of rotatable bonds is 4. The lowest BCUT2D eigenvalue weighted by molar-refractivity contribution is 0.0911. The predicted octanol–water partition coefficient (Wildman–Crippen LogP) is 2.21. The van der Waals surface area contributed by atoms with Crippen LogP contribution in [0.2, 0.25) is 0 Å². The second-order valence-electron chi connectivity index (χ2n) is 4.71. The molecule has 1 atom stereocenters. The van der Waals surface area contributed by atoms with Gasteiger partial charge in [-0.3, -0.25) is 4.90 Å². The molecule has 0 bridgehead atoms. The van der Waals surface area contributed by atoms with E-state index < -0.39 is 0 Å². The fraction of sp³-hybridized carbons (Fsp3) is 0.571. The Morgan fingerprint density at radius 2 is 2.12 bits per heavy atom. The van der Waals surface area contributed by atoms with Gasteiger partial charge in [-0.2, -0.15) is 0 Å². The largest absolute Gasteiger partial charge is 0.395 e. The van der Waals surface area contributed by atoms with E-state index in [0.717, 1.165) is 31.5 Å². The molecule has 3 heteroatoms. The third kappa shape index (κ3) is 3.27. The molecular weight excluding hydrogens is 217 g/mol. The topological polar surface area (TPSA) is 23.5 Å². The highest BCUT2D eigenvalue weighted by Crippen LogP contribution is 2.17. The Hall–Kier alpha value is -0.930. The van der Waals surface area contributed by atoms with Crippen molar-refractivity contribution in [3.8, 4) is 0 Å². The maximum Gasteiger partial charge on any atom is 0.126 e. The van der Waals surface area contributed by atoms with Gasteiger partial charge < -0.3 is 5.11 Å². The van der Waals surface area contributed by atoms with Crippen molar-refractivity contribution >= 4 is 0 Å². The molecule has 1 aliphatic heterocycles. The van der Waals surface area contributed by atoms with Gasteiger partial charge in [-0.05, 0) is 37.4 Å². The van der Waals surface area contributed by atoms with E-state index in [9.17, 15) is 9.50 Å². The van der Waals surface area contributed by atoms with Crippen LogP contribution >= 0.6 is 0 Å². The molecule has 1 heterocycles. The summed E-state index contributed by atoms with van der Waals surface area (Å²) in [4.78, 5) is 2.29. The summed E-state index contributed by atoms with van der Waals surface area (Å²) in [5.74, 6) is -0.120. The van der Waals surface area contributed by atoms with Crippen LogP contribution < -0.4 is 0 Å². The van der Waals surface area contributed by atoms with Gasteiger partial charge in [-0.1, -0.05) is 24.6 Å². The first-order valence-electron chi connectivity index (χ1n) is 6.39. The molecule has 0 radical (unpaired) electrons. The molecule has 0 aromatic heterocycles. The molecule has 1 aliphatic rings. The molecule has 0 saturated carbocycles. The second kappa shape index (κ2) is 6.12. The van der Waals surface area contributed by atoms with Gasteiger partial charge in [0, 0.05) is 12.6 Å². The number of aliphatic hydroxyl groups is 1. The summed E-state index contributed by atoms with van der Waals surface area (Å²) >= 11 is 0. The fourth-order valence-electron chi connectivity index (χ4n) is 2.53. The lowest BCUT2D eigenvalue weighted by atomic mass is 10.0. The second-order valence-corrected chi connectivity index (χ2v) is 4.71. The average molecular weight is 237 g/mol. The maximum atomic E-state index is 13.5. The molecule has 2 nitrogen and oxygen atoms in total. The summed E-state index contributed by atoms with van der Waals surface area (Å²) < 4.78 is 13.5. The monoisotopic (exact) mass is 237 g/mol. The zero-order valence-electron chi connectivity index (χ0n) is 10.1. The Morgan fingerprint density at radius 3 is 2.88 bits per heavy atom. The van der Waals surface area contributed by atoms with E-state index in [1.807, 2.05) is 12.1 Å². The van der Waals surface area contributed by atoms with Crippen molar-refractivity contribution in [3.05, 3.63) is 35.6 Å². The van der Waals surface area contributed by atoms with Crippen molar-refractivity contribution in [3.63, 3.8) is 0 Å². The zero-order chi connectivity index (χ0) is 12.1. The molecule has 1 saturated heterocycles. The number of piperidine rings is 1. The van der Waals surface area contributed by atoms with E-state index >= 15 is 0 Å². The van der Waals surface area contributed by atoms with E-state index in [1.54, 1.807) is 6.07 Å². The van der Waals surface area contributed by atoms with Crippen LogP contribution in [-0.4, -0.2) is 35.7 Å². The van der Waals surface area contributed by atoms with Crippen LogP contribution in [0.1, 0.15) is 24.8 Å². The number of halogens is 1. The van der Waals surface area contributed by atoms with Crippen LogP contribution in [0.25, 0.3) is 0 Å². The van der Waals surface area contributed by atoms with Gasteiger partial charge in [0.05, 0.1) is 6.61 Å². The van der Waals surface area contributed by atoms with Crippen molar-refractivity contribution in [2.45, 2.75) is 31.7 Å². The molecule has 0 spiro atoms. The van der Waals surface area contributed by atoms with Gasteiger partial charge in [0.25, 0.3) is 0 Å². The first-order valence-corrected chi connectivity index (χ1v) is 6.39. The standard InChI is InChI=1S/C14H20FNO/c15-14-7-2-1-5-12(14)8-10-16-9-4-3-6-13(16)11-17/h1-2,5,7,13,17H,3-4,6,8-11H2/t13-/m1/s1. The van der Waals surface area contributed by atoms with Crippen molar-refractivity contribution in [2.75, 3.05) is 19.7 Å². The number of hydrogen-bond acceptors (Lipinski definition) is 2. The van der Waals surface area contributed by atoms with Crippen LogP contribution in [0, 0.1) is 5.82 Å². The molecular formula is C14H20FNO. The Balaban J connectivity index is 1.90. The molecule has 2 rings (SSSR count). The molecule has 1 aromatic rings. The van der Waals surface area contributed by atoms with E-state index in [1.165, 1.54) is 18.9 Å². The summed E-state index contributed by atoms with van der Waals surface area (Å²) in [6, 6.07) is 7.21. The summed E-state index contributed by atoms with van der Waals surface area (Å²) in [7, 11) is 0. The van der Waals surface area contributed by atoms with Crippen molar-refractivity contribution in [1.82, 2.24) is 4.90 Å². The number of likely N-dealkylation sites (tertiary alicyclic amines) is 1. The number of hydrogen-bond donors (Lipinski definition) is 1. The maximum absolute atomic E-state index is 13.5. The van der Waals surface area contributed by atoms with Crippen molar-refractivity contribution in [1.29, 1.82) is 0 Å². The van der Waals surface area contributed by atoms with Crippen LogP contribution in [0.3, 0.4) is 0 Å². The third-order valence-corrected chi connectivity index (χ3v) is 3.59. The highest BCUT2D eigenvalue weighted by Gasteiger charge is 2.21. The van der Waals surface area contributed by atoms with E-state index in [0.29, 0.717) is 0 Å². The van der Waals surface area contributed by atoms with Crippen LogP contribution in [0.15, 0.2) is 24.3 Å². The number of aliphatic hydroxyl groups excluding tert-OH is 1. The van der Waals surface area contributed by atoms with Gasteiger partial charge in [-0.15, -0.1) is 0 Å². The van der Waals surface area contributed by atoms with Crippen LogP contribution in [-0.2, 0) is 6.42 Å². The molecule has 1 N–H and O–H groups in total. The Kier molecular flexibility index (Phi) is 4.51. The molecule has 0 aliphatic carbocycles. The lowest BCUT2D eigenvalue weighted by Crippen LogP contribution is -2.42. The molecule has 1 fully saturated rings. The first-order chi connectivity index (χ1) is 8.31. The molecule has 1 aromatic carbocycles. The van der Waals surface area contributed by atoms with Crippen LogP contribution in [0.4, 0.5) is 4.39 Å². The van der Waals surface area contributed by atoms with E-state index in [4.69, 9.17) is 0 Å². The van der Waals surface area contributed by atoms with Crippen LogP contribution in [0.5, 0.6) is 0 Å². The molecule has 94 valence electrons. The van der Waals surface area contributed by atoms with Gasteiger partial charge in [-0.25, -0.2) is 4.39 Å². The molecule has 0 amide bonds. The fourth-order valence-corrected chi connectivity index (χ4v) is 2.53. The summed E-state index contributed by atoms with van der Waals surface area (Å²) in [5.41, 5.74) is 0.773. The van der Waals surface area contributed by atoms with E-state index in [2.05, 4.69) is 4.90 Å². The average Bonchev–Trinajstić information content (AvgIpc) is 2.38. The Bertz CT molecular complexity index is 356. The Morgan fingerprint density at radius 1 is 1.29 bits per heavy atom. The zero-order valence-corrected chi connectivity index (χ0v) is 10.1. The first kappa shape index (κ1) is 12.5. The highest BCUT2D eigenvalue weighted by molar-refractivity contribution is 5.17. The minimum absolute atomic E-state index is 0.120. The predicted molar refractivity (Wildman–Crippen MR) is 66.4 cm³/mol. The Labute approximate surface area is 102 Å². The summed E-state index contributed by atoms with van der Waals surface area (Å²) in [6.07, 6.45) is 4.17. The van der Waals surface area contributed by atoms with E-state index in [-0.39, 0.29) is 18.5 Å². The molecule has 17 heavy (non-hydrogen) atoms. The summed E-state index contributed by atoms with van der Waals surface area (Å²) in [6.45, 7) is 2.09. The van der Waals surface area contributed by atoms with Gasteiger partial charge in [0.1, 0.15) is 5.82 Å². The van der Waals surface area contributed by atoms with Gasteiger partial charge in [0.2, 0.25) is 0 Å². The highest BCUT2D eigenvalue weighted by atomic mass is 19.1. The minimum Gasteiger partial charge on any atom is -0.395 e. The normalized spacial score (nSPS) is 21.6. The smallest absolute Gasteiger partial charge is 0.126 e. The summed E-state index contributed by atoms with van der Waals surface area (Å²) in [5, 5.41) is 9.30. The van der Waals surface area contributed by atoms with Gasteiger partial charge in [0.15, 0.2) is 0 Å². The van der Waals surface area contributed by atoms with Crippen molar-refractivity contribution in [2.24, 2.45) is 0 Å².